The number of anilines is 1. The third kappa shape index (κ3) is 3.85. The van der Waals surface area contributed by atoms with Gasteiger partial charge in [0.1, 0.15) is 5.70 Å². The Bertz CT molecular complexity index is 1060. The van der Waals surface area contributed by atoms with Crippen LogP contribution in [0.1, 0.15) is 43.7 Å². The van der Waals surface area contributed by atoms with Crippen LogP contribution in [0.3, 0.4) is 0 Å². The minimum atomic E-state index is -0.238. The lowest BCUT2D eigenvalue weighted by molar-refractivity contribution is -0.136. The number of para-hydroxylation sites is 1. The number of hydrogen-bond donors (Lipinski definition) is 0. The van der Waals surface area contributed by atoms with Gasteiger partial charge in [-0.1, -0.05) is 50.5 Å². The van der Waals surface area contributed by atoms with Crippen molar-refractivity contribution in [3.05, 3.63) is 59.3 Å². The van der Waals surface area contributed by atoms with Gasteiger partial charge in [0.25, 0.3) is 11.8 Å². The quantitative estimate of drug-likeness (QED) is 0.432. The van der Waals surface area contributed by atoms with Crippen molar-refractivity contribution in [1.82, 2.24) is 4.90 Å². The van der Waals surface area contributed by atoms with E-state index in [2.05, 4.69) is 13.0 Å². The normalized spacial score (nSPS) is 15.6. The first-order valence-electron chi connectivity index (χ1n) is 11.3. The van der Waals surface area contributed by atoms with Crippen molar-refractivity contribution < 1.29 is 19.1 Å². The number of fused-ring (bicyclic) bond motifs is 1. The highest BCUT2D eigenvalue weighted by atomic mass is 16.5. The number of ether oxygens (including phenoxy) is 2. The average molecular weight is 435 g/mol. The second-order valence-electron chi connectivity index (χ2n) is 8.15. The second-order valence-corrected chi connectivity index (χ2v) is 8.15. The molecule has 0 bridgehead atoms. The van der Waals surface area contributed by atoms with Crippen molar-refractivity contribution in [2.75, 3.05) is 32.2 Å². The summed E-state index contributed by atoms with van der Waals surface area (Å²) in [7, 11) is 3.14. The van der Waals surface area contributed by atoms with Crippen LogP contribution in [0.25, 0.3) is 5.57 Å². The van der Waals surface area contributed by atoms with Gasteiger partial charge in [-0.25, -0.2) is 0 Å². The highest BCUT2D eigenvalue weighted by Gasteiger charge is 2.43. The molecule has 2 aliphatic heterocycles. The van der Waals surface area contributed by atoms with Gasteiger partial charge < -0.3 is 14.4 Å². The number of rotatable bonds is 9. The SMILES string of the molecule is CCCCCCN1C(=O)C(c2ccc(OC)c(OC)c2)=C(N2CCc3ccccc32)C1=O. The summed E-state index contributed by atoms with van der Waals surface area (Å²) in [6.07, 6.45) is 4.86. The van der Waals surface area contributed by atoms with Gasteiger partial charge in [0.05, 0.1) is 19.8 Å². The maximum Gasteiger partial charge on any atom is 0.278 e. The largest absolute Gasteiger partial charge is 0.493 e. The minimum Gasteiger partial charge on any atom is -0.493 e. The molecule has 0 atom stereocenters. The summed E-state index contributed by atoms with van der Waals surface area (Å²) >= 11 is 0. The Kier molecular flexibility index (Phi) is 6.49. The number of carbonyl (C=O) groups excluding carboxylic acids is 2. The predicted octanol–water partition coefficient (Wildman–Crippen LogP) is 4.43. The van der Waals surface area contributed by atoms with Crippen LogP contribution in [0.5, 0.6) is 11.5 Å². The Labute approximate surface area is 189 Å². The van der Waals surface area contributed by atoms with Crippen molar-refractivity contribution in [2.24, 2.45) is 0 Å². The number of benzene rings is 2. The zero-order chi connectivity index (χ0) is 22.7. The summed E-state index contributed by atoms with van der Waals surface area (Å²) in [6.45, 7) is 3.26. The molecule has 2 amide bonds. The number of carbonyl (C=O) groups is 2. The fraction of sp³-hybridized carbons (Fsp3) is 0.385. The standard InChI is InChI=1S/C26H30N2O4/c1-4-5-6-9-15-28-25(29)23(19-12-13-21(31-2)22(17-19)32-3)24(26(28)30)27-16-14-18-10-7-8-11-20(18)27/h7-8,10-13,17H,4-6,9,14-16H2,1-3H3. The predicted molar refractivity (Wildman–Crippen MR) is 125 cm³/mol. The molecular formula is C26H30N2O4. The minimum absolute atomic E-state index is 0.215. The third-order valence-corrected chi connectivity index (χ3v) is 6.21. The van der Waals surface area contributed by atoms with E-state index in [0.717, 1.165) is 37.8 Å². The second kappa shape index (κ2) is 9.47. The topological polar surface area (TPSA) is 59.1 Å². The monoisotopic (exact) mass is 434 g/mol. The Morgan fingerprint density at radius 1 is 0.906 bits per heavy atom. The maximum absolute atomic E-state index is 13.6. The first kappa shape index (κ1) is 21.9. The molecular weight excluding hydrogens is 404 g/mol. The zero-order valence-corrected chi connectivity index (χ0v) is 19.0. The molecule has 6 nitrogen and oxygen atoms in total. The van der Waals surface area contributed by atoms with Crippen LogP contribution in [-0.2, 0) is 16.0 Å². The van der Waals surface area contributed by atoms with Crippen LogP contribution in [0.2, 0.25) is 0 Å². The van der Waals surface area contributed by atoms with Crippen LogP contribution in [0, 0.1) is 0 Å². The summed E-state index contributed by atoms with van der Waals surface area (Å²) in [6, 6.07) is 13.5. The molecule has 4 rings (SSSR count). The summed E-state index contributed by atoms with van der Waals surface area (Å²) in [4.78, 5) is 30.6. The van der Waals surface area contributed by atoms with E-state index in [9.17, 15) is 9.59 Å². The molecule has 2 aromatic rings. The molecule has 2 aromatic carbocycles. The lowest BCUT2D eigenvalue weighted by Gasteiger charge is -2.22. The van der Waals surface area contributed by atoms with Gasteiger partial charge in [-0.3, -0.25) is 14.5 Å². The molecule has 32 heavy (non-hydrogen) atoms. The molecule has 2 aliphatic rings. The lowest BCUT2D eigenvalue weighted by atomic mass is 10.0. The Morgan fingerprint density at radius 3 is 2.44 bits per heavy atom. The summed E-state index contributed by atoms with van der Waals surface area (Å²) in [5, 5.41) is 0. The van der Waals surface area contributed by atoms with Crippen molar-refractivity contribution in [3.8, 4) is 11.5 Å². The number of nitrogens with zero attached hydrogens (tertiary/aromatic N) is 2. The molecule has 0 N–H and O–H groups in total. The highest BCUT2D eigenvalue weighted by molar-refractivity contribution is 6.36. The van der Waals surface area contributed by atoms with Crippen LogP contribution in [-0.4, -0.2) is 44.0 Å². The van der Waals surface area contributed by atoms with Crippen molar-refractivity contribution in [1.29, 1.82) is 0 Å². The molecule has 168 valence electrons. The molecule has 6 heteroatoms. The van der Waals surface area contributed by atoms with Crippen molar-refractivity contribution >= 4 is 23.1 Å². The highest BCUT2D eigenvalue weighted by Crippen LogP contribution is 2.40. The van der Waals surface area contributed by atoms with E-state index in [1.807, 2.05) is 29.2 Å². The molecule has 0 unspecified atom stereocenters. The van der Waals surface area contributed by atoms with Crippen LogP contribution in [0.4, 0.5) is 5.69 Å². The summed E-state index contributed by atoms with van der Waals surface area (Å²) in [5.74, 6) is 0.657. The Morgan fingerprint density at radius 2 is 1.69 bits per heavy atom. The fourth-order valence-corrected chi connectivity index (χ4v) is 4.54. The van der Waals surface area contributed by atoms with Crippen LogP contribution < -0.4 is 14.4 Å². The van der Waals surface area contributed by atoms with E-state index in [0.29, 0.717) is 41.4 Å². The molecule has 0 radical (unpaired) electrons. The number of methoxy groups -OCH3 is 2. The van der Waals surface area contributed by atoms with E-state index in [1.54, 1.807) is 26.4 Å². The van der Waals surface area contributed by atoms with Gasteiger partial charge in [-0.2, -0.15) is 0 Å². The van der Waals surface area contributed by atoms with E-state index < -0.39 is 0 Å². The zero-order valence-electron chi connectivity index (χ0n) is 19.0. The number of unbranched alkanes of at least 4 members (excludes halogenated alkanes) is 3. The maximum atomic E-state index is 13.6. The van der Waals surface area contributed by atoms with E-state index >= 15 is 0 Å². The number of hydrogen-bond acceptors (Lipinski definition) is 5. The van der Waals surface area contributed by atoms with Gasteiger partial charge >= 0.3 is 0 Å². The molecule has 0 saturated heterocycles. The summed E-state index contributed by atoms with van der Waals surface area (Å²) < 4.78 is 10.8. The molecule has 0 spiro atoms. The van der Waals surface area contributed by atoms with Gasteiger partial charge in [0, 0.05) is 18.8 Å². The molecule has 0 fully saturated rings. The fourth-order valence-electron chi connectivity index (χ4n) is 4.54. The van der Waals surface area contributed by atoms with E-state index in [4.69, 9.17) is 9.47 Å². The number of amides is 2. The van der Waals surface area contributed by atoms with Crippen molar-refractivity contribution in [2.45, 2.75) is 39.0 Å². The molecule has 0 saturated carbocycles. The van der Waals surface area contributed by atoms with Gasteiger partial charge in [0.15, 0.2) is 11.5 Å². The molecule has 0 aromatic heterocycles. The average Bonchev–Trinajstić information content (AvgIpc) is 3.34. The Balaban J connectivity index is 1.78. The number of imide groups is 1. The first-order chi connectivity index (χ1) is 15.6. The molecule has 0 aliphatic carbocycles. The van der Waals surface area contributed by atoms with E-state index in [1.165, 1.54) is 10.5 Å². The third-order valence-electron chi connectivity index (χ3n) is 6.21. The van der Waals surface area contributed by atoms with Crippen LogP contribution >= 0.6 is 0 Å². The van der Waals surface area contributed by atoms with E-state index in [-0.39, 0.29) is 11.8 Å². The van der Waals surface area contributed by atoms with Gasteiger partial charge in [-0.05, 0) is 42.2 Å². The van der Waals surface area contributed by atoms with Crippen LogP contribution in [0.15, 0.2) is 48.2 Å². The van der Waals surface area contributed by atoms with Crippen molar-refractivity contribution in [3.63, 3.8) is 0 Å². The van der Waals surface area contributed by atoms with Gasteiger partial charge in [0.2, 0.25) is 0 Å². The summed E-state index contributed by atoms with van der Waals surface area (Å²) in [5.41, 5.74) is 3.74. The van der Waals surface area contributed by atoms with Gasteiger partial charge in [-0.15, -0.1) is 0 Å². The molecule has 2 heterocycles. The Hall–Kier alpha value is -3.28. The smallest absolute Gasteiger partial charge is 0.278 e. The lowest BCUT2D eigenvalue weighted by Crippen LogP contribution is -2.35. The first-order valence-corrected chi connectivity index (χ1v) is 11.3.